The Labute approximate surface area is 166 Å². The molecule has 1 aliphatic rings. The molecular formula is C21H17N3O3S. The highest BCUT2D eigenvalue weighted by molar-refractivity contribution is 8.18. The number of methoxy groups -OCH3 is 1. The van der Waals surface area contributed by atoms with Gasteiger partial charge in [-0.25, -0.2) is 0 Å². The number of benzene rings is 2. The summed E-state index contributed by atoms with van der Waals surface area (Å²) in [5.74, 6) is 0.295. The van der Waals surface area contributed by atoms with Gasteiger partial charge >= 0.3 is 0 Å². The van der Waals surface area contributed by atoms with Crippen molar-refractivity contribution in [2.24, 2.45) is 0 Å². The molecule has 1 fully saturated rings. The molecule has 1 aliphatic heterocycles. The lowest BCUT2D eigenvalue weighted by atomic mass is 10.1. The SMILES string of the molecule is COc1ccccc1-c1nn(Cc2ccccc2)cc1/C=C1\SC(=O)NC1=O. The average molecular weight is 391 g/mol. The van der Waals surface area contributed by atoms with E-state index in [0.29, 0.717) is 22.9 Å². The highest BCUT2D eigenvalue weighted by Crippen LogP contribution is 2.34. The van der Waals surface area contributed by atoms with E-state index in [2.05, 4.69) is 5.32 Å². The Bertz CT molecular complexity index is 1070. The maximum atomic E-state index is 12.0. The molecule has 4 rings (SSSR count). The molecule has 28 heavy (non-hydrogen) atoms. The number of thioether (sulfide) groups is 1. The maximum absolute atomic E-state index is 12.0. The van der Waals surface area contributed by atoms with E-state index in [4.69, 9.17) is 9.84 Å². The number of aromatic nitrogens is 2. The molecule has 0 saturated carbocycles. The number of para-hydroxylation sites is 1. The lowest BCUT2D eigenvalue weighted by molar-refractivity contribution is -0.115. The highest BCUT2D eigenvalue weighted by atomic mass is 32.2. The van der Waals surface area contributed by atoms with Gasteiger partial charge in [0.2, 0.25) is 0 Å². The second-order valence-electron chi connectivity index (χ2n) is 6.17. The molecule has 0 unspecified atom stereocenters. The summed E-state index contributed by atoms with van der Waals surface area (Å²) in [6.45, 7) is 0.588. The predicted octanol–water partition coefficient (Wildman–Crippen LogP) is 3.93. The van der Waals surface area contributed by atoms with Gasteiger partial charge in [-0.15, -0.1) is 0 Å². The average Bonchev–Trinajstić information content (AvgIpc) is 3.24. The van der Waals surface area contributed by atoms with Crippen LogP contribution in [-0.2, 0) is 11.3 Å². The number of nitrogens with zero attached hydrogens (tertiary/aromatic N) is 2. The summed E-state index contributed by atoms with van der Waals surface area (Å²) in [5.41, 5.74) is 3.36. The molecule has 1 N–H and O–H groups in total. The van der Waals surface area contributed by atoms with E-state index in [1.54, 1.807) is 13.2 Å². The van der Waals surface area contributed by atoms with Crippen LogP contribution in [0.2, 0.25) is 0 Å². The van der Waals surface area contributed by atoms with Gasteiger partial charge in [0.25, 0.3) is 11.1 Å². The molecule has 3 aromatic rings. The van der Waals surface area contributed by atoms with Crippen LogP contribution < -0.4 is 10.1 Å². The monoisotopic (exact) mass is 391 g/mol. The highest BCUT2D eigenvalue weighted by Gasteiger charge is 2.26. The molecule has 2 heterocycles. The standard InChI is InChI=1S/C21H17N3O3S/c1-27-17-10-6-5-9-16(17)19-15(11-18-20(25)22-21(26)28-18)13-24(23-19)12-14-7-3-2-4-8-14/h2-11,13H,12H2,1H3,(H,22,25,26)/b18-11-. The molecule has 1 aromatic heterocycles. The predicted molar refractivity (Wildman–Crippen MR) is 109 cm³/mol. The van der Waals surface area contributed by atoms with E-state index < -0.39 is 5.91 Å². The fourth-order valence-electron chi connectivity index (χ4n) is 3.01. The number of amides is 2. The number of ether oxygens (including phenoxy) is 1. The number of hydrogen-bond donors (Lipinski definition) is 1. The summed E-state index contributed by atoms with van der Waals surface area (Å²) in [7, 11) is 1.61. The molecular weight excluding hydrogens is 374 g/mol. The van der Waals surface area contributed by atoms with Gasteiger partial charge in [0.15, 0.2) is 0 Å². The number of carbonyl (C=O) groups is 2. The lowest BCUT2D eigenvalue weighted by Crippen LogP contribution is -2.17. The van der Waals surface area contributed by atoms with E-state index >= 15 is 0 Å². The molecule has 2 amide bonds. The van der Waals surface area contributed by atoms with Crippen molar-refractivity contribution in [3.05, 3.63) is 76.8 Å². The third-order valence-electron chi connectivity index (χ3n) is 4.27. The minimum Gasteiger partial charge on any atom is -0.496 e. The fourth-order valence-corrected chi connectivity index (χ4v) is 3.68. The van der Waals surface area contributed by atoms with Gasteiger partial charge in [-0.1, -0.05) is 42.5 Å². The van der Waals surface area contributed by atoms with Gasteiger partial charge < -0.3 is 4.74 Å². The zero-order valence-electron chi connectivity index (χ0n) is 15.1. The molecule has 6 nitrogen and oxygen atoms in total. The molecule has 0 aliphatic carbocycles. The van der Waals surface area contributed by atoms with Crippen molar-refractivity contribution in [3.63, 3.8) is 0 Å². The topological polar surface area (TPSA) is 73.2 Å². The van der Waals surface area contributed by atoms with Crippen molar-refractivity contribution in [1.29, 1.82) is 0 Å². The summed E-state index contributed by atoms with van der Waals surface area (Å²) < 4.78 is 7.30. The van der Waals surface area contributed by atoms with Crippen LogP contribution in [0.3, 0.4) is 0 Å². The van der Waals surface area contributed by atoms with Crippen molar-refractivity contribution in [3.8, 4) is 17.0 Å². The van der Waals surface area contributed by atoms with Crippen molar-refractivity contribution in [1.82, 2.24) is 15.1 Å². The van der Waals surface area contributed by atoms with Crippen LogP contribution in [0.1, 0.15) is 11.1 Å². The number of imide groups is 1. The first kappa shape index (κ1) is 18.1. The number of nitrogens with one attached hydrogen (secondary N) is 1. The van der Waals surface area contributed by atoms with E-state index in [-0.39, 0.29) is 5.24 Å². The van der Waals surface area contributed by atoms with Crippen LogP contribution in [-0.4, -0.2) is 28.0 Å². The van der Waals surface area contributed by atoms with Gasteiger partial charge in [-0.05, 0) is 35.5 Å². The second-order valence-corrected chi connectivity index (χ2v) is 7.18. The molecule has 1 saturated heterocycles. The fraction of sp³-hybridized carbons (Fsp3) is 0.0952. The van der Waals surface area contributed by atoms with Crippen molar-refractivity contribution in [2.45, 2.75) is 6.54 Å². The Morgan fingerprint density at radius 2 is 1.86 bits per heavy atom. The van der Waals surface area contributed by atoms with E-state index in [9.17, 15) is 9.59 Å². The Balaban J connectivity index is 1.80. The Morgan fingerprint density at radius 3 is 2.57 bits per heavy atom. The molecule has 0 radical (unpaired) electrons. The third kappa shape index (κ3) is 3.70. The summed E-state index contributed by atoms with van der Waals surface area (Å²) in [4.78, 5) is 23.8. The number of carbonyl (C=O) groups excluding carboxylic acids is 2. The first-order valence-electron chi connectivity index (χ1n) is 8.63. The zero-order chi connectivity index (χ0) is 19.5. The first-order valence-corrected chi connectivity index (χ1v) is 9.45. The van der Waals surface area contributed by atoms with E-state index in [1.165, 1.54) is 0 Å². The van der Waals surface area contributed by atoms with Crippen LogP contribution in [0.4, 0.5) is 4.79 Å². The van der Waals surface area contributed by atoms with Crippen molar-refractivity contribution in [2.75, 3.05) is 7.11 Å². The van der Waals surface area contributed by atoms with Crippen molar-refractivity contribution >= 4 is 29.0 Å². The first-order chi connectivity index (χ1) is 13.6. The van der Waals surface area contributed by atoms with Crippen LogP contribution in [0.25, 0.3) is 17.3 Å². The molecule has 0 bridgehead atoms. The summed E-state index contributed by atoms with van der Waals surface area (Å²) in [6, 6.07) is 17.6. The Morgan fingerprint density at radius 1 is 1.11 bits per heavy atom. The summed E-state index contributed by atoms with van der Waals surface area (Å²) in [6.07, 6.45) is 3.57. The smallest absolute Gasteiger partial charge is 0.290 e. The van der Waals surface area contributed by atoms with Gasteiger partial charge in [-0.3, -0.25) is 19.6 Å². The zero-order valence-corrected chi connectivity index (χ0v) is 15.9. The molecule has 0 spiro atoms. The van der Waals surface area contributed by atoms with E-state index in [0.717, 1.165) is 28.5 Å². The lowest BCUT2D eigenvalue weighted by Gasteiger charge is -2.07. The molecule has 7 heteroatoms. The van der Waals surface area contributed by atoms with Crippen LogP contribution in [0, 0.1) is 0 Å². The molecule has 0 atom stereocenters. The third-order valence-corrected chi connectivity index (χ3v) is 5.08. The quantitative estimate of drug-likeness (QED) is 0.667. The minimum absolute atomic E-state index is 0.348. The summed E-state index contributed by atoms with van der Waals surface area (Å²) in [5, 5.41) is 6.65. The molecule has 2 aromatic carbocycles. The maximum Gasteiger partial charge on any atom is 0.290 e. The molecule has 140 valence electrons. The van der Waals surface area contributed by atoms with Gasteiger partial charge in [-0.2, -0.15) is 5.10 Å². The Hall–Kier alpha value is -3.32. The van der Waals surface area contributed by atoms with Gasteiger partial charge in [0.05, 0.1) is 18.6 Å². The minimum atomic E-state index is -0.392. The van der Waals surface area contributed by atoms with E-state index in [1.807, 2.05) is 65.5 Å². The van der Waals surface area contributed by atoms with Crippen molar-refractivity contribution < 1.29 is 14.3 Å². The Kier molecular flexibility index (Phi) is 4.99. The normalized spacial score (nSPS) is 15.1. The van der Waals surface area contributed by atoms with Crippen LogP contribution in [0.15, 0.2) is 65.7 Å². The van der Waals surface area contributed by atoms with Gasteiger partial charge in [0, 0.05) is 17.3 Å². The van der Waals surface area contributed by atoms with Crippen LogP contribution in [0.5, 0.6) is 5.75 Å². The summed E-state index contributed by atoms with van der Waals surface area (Å²) >= 11 is 0.889. The second kappa shape index (κ2) is 7.74. The van der Waals surface area contributed by atoms with Crippen LogP contribution >= 0.6 is 11.8 Å². The largest absolute Gasteiger partial charge is 0.496 e. The van der Waals surface area contributed by atoms with Gasteiger partial charge in [0.1, 0.15) is 11.4 Å². The number of rotatable bonds is 5. The number of hydrogen-bond acceptors (Lipinski definition) is 5.